The second kappa shape index (κ2) is 6.19. The smallest absolute Gasteiger partial charge is 0.414 e. The SMILES string of the molecule is COc1c(C(=O)NOCC(F)(F)F)cccc1[N+](=O)[O-]. The van der Waals surface area contributed by atoms with Crippen LogP contribution in [-0.2, 0) is 4.84 Å². The van der Waals surface area contributed by atoms with E-state index >= 15 is 0 Å². The maximum atomic E-state index is 11.8. The van der Waals surface area contributed by atoms with E-state index in [2.05, 4.69) is 4.84 Å². The second-order valence-corrected chi connectivity index (χ2v) is 3.45. The van der Waals surface area contributed by atoms with Gasteiger partial charge in [-0.15, -0.1) is 0 Å². The number of nitrogens with one attached hydrogen (secondary N) is 1. The molecule has 1 N–H and O–H groups in total. The summed E-state index contributed by atoms with van der Waals surface area (Å²) >= 11 is 0. The van der Waals surface area contributed by atoms with Crippen LogP contribution in [0, 0.1) is 10.1 Å². The number of hydroxylamine groups is 1. The zero-order chi connectivity index (χ0) is 15.3. The molecule has 1 amide bonds. The third kappa shape index (κ3) is 4.09. The topological polar surface area (TPSA) is 90.7 Å². The first-order chi connectivity index (χ1) is 9.26. The van der Waals surface area contributed by atoms with Crippen LogP contribution in [0.4, 0.5) is 18.9 Å². The van der Waals surface area contributed by atoms with E-state index in [-0.39, 0.29) is 11.3 Å². The van der Waals surface area contributed by atoms with Gasteiger partial charge in [0.05, 0.1) is 17.6 Å². The van der Waals surface area contributed by atoms with Gasteiger partial charge in [-0.05, 0) is 6.07 Å². The number of nitrogens with zero attached hydrogens (tertiary/aromatic N) is 1. The van der Waals surface area contributed by atoms with Crippen molar-refractivity contribution in [2.45, 2.75) is 6.18 Å². The number of ether oxygens (including phenoxy) is 1. The maximum absolute atomic E-state index is 11.8. The molecule has 1 aromatic rings. The summed E-state index contributed by atoms with van der Waals surface area (Å²) in [6.07, 6.45) is -4.61. The number of rotatable bonds is 5. The molecule has 0 saturated carbocycles. The molecule has 0 bridgehead atoms. The van der Waals surface area contributed by atoms with Crippen LogP contribution >= 0.6 is 0 Å². The molecule has 0 aliphatic rings. The number of alkyl halides is 3. The Morgan fingerprint density at radius 1 is 1.45 bits per heavy atom. The molecule has 0 fully saturated rings. The number of nitro groups is 1. The summed E-state index contributed by atoms with van der Waals surface area (Å²) in [6, 6.07) is 3.43. The molecule has 0 saturated heterocycles. The molecule has 0 aliphatic heterocycles. The van der Waals surface area contributed by atoms with E-state index in [0.29, 0.717) is 0 Å². The number of para-hydroxylation sites is 1. The first kappa shape index (κ1) is 15.7. The normalized spacial score (nSPS) is 11.0. The highest BCUT2D eigenvalue weighted by Gasteiger charge is 2.29. The van der Waals surface area contributed by atoms with Crippen molar-refractivity contribution in [3.63, 3.8) is 0 Å². The molecule has 20 heavy (non-hydrogen) atoms. The van der Waals surface area contributed by atoms with Crippen molar-refractivity contribution in [3.8, 4) is 5.75 Å². The number of benzene rings is 1. The molecule has 0 spiro atoms. The van der Waals surface area contributed by atoms with Gasteiger partial charge in [-0.25, -0.2) is 5.48 Å². The minimum atomic E-state index is -4.61. The van der Waals surface area contributed by atoms with Crippen LogP contribution in [0.5, 0.6) is 5.75 Å². The highest BCUT2D eigenvalue weighted by atomic mass is 19.4. The lowest BCUT2D eigenvalue weighted by atomic mass is 10.1. The van der Waals surface area contributed by atoms with Gasteiger partial charge in [-0.1, -0.05) is 6.07 Å². The maximum Gasteiger partial charge on any atom is 0.414 e. The minimum absolute atomic E-state index is 0.316. The summed E-state index contributed by atoms with van der Waals surface area (Å²) < 4.78 is 40.2. The Balaban J connectivity index is 2.88. The Morgan fingerprint density at radius 3 is 2.60 bits per heavy atom. The summed E-state index contributed by atoms with van der Waals surface area (Å²) in [5.41, 5.74) is 0.729. The number of carbonyl (C=O) groups excluding carboxylic acids is 1. The van der Waals surface area contributed by atoms with Gasteiger partial charge in [0.25, 0.3) is 5.91 Å². The van der Waals surface area contributed by atoms with Gasteiger partial charge in [0, 0.05) is 6.07 Å². The molecule has 10 heteroatoms. The third-order valence-electron chi connectivity index (χ3n) is 2.04. The van der Waals surface area contributed by atoms with Gasteiger partial charge >= 0.3 is 11.9 Å². The Kier molecular flexibility index (Phi) is 4.86. The minimum Gasteiger partial charge on any atom is -0.490 e. The molecule has 0 atom stereocenters. The second-order valence-electron chi connectivity index (χ2n) is 3.45. The predicted molar refractivity (Wildman–Crippen MR) is 59.1 cm³/mol. The molecule has 0 aliphatic carbocycles. The number of methoxy groups -OCH3 is 1. The molecule has 7 nitrogen and oxygen atoms in total. The molecule has 0 radical (unpaired) electrons. The fraction of sp³-hybridized carbons (Fsp3) is 0.300. The van der Waals surface area contributed by atoms with Gasteiger partial charge in [-0.2, -0.15) is 13.2 Å². The van der Waals surface area contributed by atoms with Gasteiger partial charge in [0.1, 0.15) is 0 Å². The van der Waals surface area contributed by atoms with Crippen molar-refractivity contribution >= 4 is 11.6 Å². The molecule has 110 valence electrons. The monoisotopic (exact) mass is 294 g/mol. The molecular formula is C10H9F3N2O5. The lowest BCUT2D eigenvalue weighted by Gasteiger charge is -2.10. The number of carbonyl (C=O) groups is 1. The van der Waals surface area contributed by atoms with Crippen molar-refractivity contribution in [1.29, 1.82) is 0 Å². The number of amides is 1. The van der Waals surface area contributed by atoms with Crippen LogP contribution in [-0.4, -0.2) is 30.7 Å². The van der Waals surface area contributed by atoms with Crippen LogP contribution in [0.2, 0.25) is 0 Å². The Labute approximate surface area is 110 Å². The average Bonchev–Trinajstić information content (AvgIpc) is 2.35. The Morgan fingerprint density at radius 2 is 2.10 bits per heavy atom. The first-order valence-electron chi connectivity index (χ1n) is 5.06. The lowest BCUT2D eigenvalue weighted by Crippen LogP contribution is -2.29. The standard InChI is InChI=1S/C10H9F3N2O5/c1-19-8-6(3-2-4-7(8)15(17)18)9(16)14-20-5-10(11,12)13/h2-4H,5H2,1H3,(H,14,16). The van der Waals surface area contributed by atoms with E-state index in [0.717, 1.165) is 19.2 Å². The molecule has 1 aromatic carbocycles. The van der Waals surface area contributed by atoms with Gasteiger partial charge < -0.3 is 4.74 Å². The van der Waals surface area contributed by atoms with Gasteiger partial charge in [0.15, 0.2) is 6.61 Å². The highest BCUT2D eigenvalue weighted by Crippen LogP contribution is 2.30. The molecular weight excluding hydrogens is 285 g/mol. The van der Waals surface area contributed by atoms with E-state index in [1.165, 1.54) is 11.5 Å². The first-order valence-corrected chi connectivity index (χ1v) is 5.06. The highest BCUT2D eigenvalue weighted by molar-refractivity contribution is 5.97. The summed E-state index contributed by atoms with van der Waals surface area (Å²) in [6.45, 7) is -1.68. The Hall–Kier alpha value is -2.36. The van der Waals surface area contributed by atoms with Crippen LogP contribution in [0.15, 0.2) is 18.2 Å². The quantitative estimate of drug-likeness (QED) is 0.660. The molecule has 0 unspecified atom stereocenters. The molecule has 0 aromatic heterocycles. The van der Waals surface area contributed by atoms with E-state index in [1.54, 1.807) is 0 Å². The van der Waals surface area contributed by atoms with Crippen molar-refractivity contribution in [2.75, 3.05) is 13.7 Å². The van der Waals surface area contributed by atoms with Crippen LogP contribution in [0.25, 0.3) is 0 Å². The summed E-state index contributed by atoms with van der Waals surface area (Å²) in [4.78, 5) is 25.5. The number of halogens is 3. The third-order valence-corrected chi connectivity index (χ3v) is 2.04. The van der Waals surface area contributed by atoms with Gasteiger partial charge in [0.2, 0.25) is 5.75 Å². The summed E-state index contributed by atoms with van der Waals surface area (Å²) in [7, 11) is 1.09. The van der Waals surface area contributed by atoms with Crippen LogP contribution < -0.4 is 10.2 Å². The number of hydrogen-bond donors (Lipinski definition) is 1. The van der Waals surface area contributed by atoms with Crippen LogP contribution in [0.3, 0.4) is 0 Å². The van der Waals surface area contributed by atoms with Crippen LogP contribution in [0.1, 0.15) is 10.4 Å². The largest absolute Gasteiger partial charge is 0.490 e. The van der Waals surface area contributed by atoms with E-state index in [1.807, 2.05) is 0 Å². The lowest BCUT2D eigenvalue weighted by molar-refractivity contribution is -0.385. The van der Waals surface area contributed by atoms with E-state index in [4.69, 9.17) is 4.74 Å². The predicted octanol–water partition coefficient (Wildman–Crippen LogP) is 1.83. The van der Waals surface area contributed by atoms with E-state index in [9.17, 15) is 28.1 Å². The molecule has 1 rings (SSSR count). The summed E-state index contributed by atoms with van der Waals surface area (Å²) in [5, 5.41) is 10.7. The van der Waals surface area contributed by atoms with Gasteiger partial charge in [-0.3, -0.25) is 19.7 Å². The Bertz CT molecular complexity index is 518. The number of hydrogen-bond acceptors (Lipinski definition) is 5. The van der Waals surface area contributed by atoms with Crippen molar-refractivity contribution in [2.24, 2.45) is 0 Å². The number of nitro benzene ring substituents is 1. The fourth-order valence-electron chi connectivity index (χ4n) is 1.30. The van der Waals surface area contributed by atoms with Crippen molar-refractivity contribution in [3.05, 3.63) is 33.9 Å². The summed E-state index contributed by atoms with van der Waals surface area (Å²) in [5.74, 6) is -1.46. The van der Waals surface area contributed by atoms with E-state index < -0.39 is 29.3 Å². The average molecular weight is 294 g/mol. The molecule has 0 heterocycles. The zero-order valence-corrected chi connectivity index (χ0v) is 10.1. The zero-order valence-electron chi connectivity index (χ0n) is 10.1. The van der Waals surface area contributed by atoms with Crippen molar-refractivity contribution in [1.82, 2.24) is 5.48 Å². The van der Waals surface area contributed by atoms with Crippen molar-refractivity contribution < 1.29 is 32.5 Å². The fourth-order valence-corrected chi connectivity index (χ4v) is 1.30.